The summed E-state index contributed by atoms with van der Waals surface area (Å²) in [5.74, 6) is -0.0359. The minimum Gasteiger partial charge on any atom is -0.490 e. The first kappa shape index (κ1) is 24.7. The molecule has 0 radical (unpaired) electrons. The molecule has 5 nitrogen and oxygen atoms in total. The Bertz CT molecular complexity index is 1090. The fraction of sp³-hybridized carbons (Fsp3) is 0.316. The van der Waals surface area contributed by atoms with Gasteiger partial charge in [0.15, 0.2) is 0 Å². The zero-order chi connectivity index (χ0) is 22.9. The van der Waals surface area contributed by atoms with Crippen molar-refractivity contribution in [2.24, 2.45) is 0 Å². The van der Waals surface area contributed by atoms with Crippen LogP contribution >= 0.6 is 34.2 Å². The zero-order valence-corrected chi connectivity index (χ0v) is 19.8. The van der Waals surface area contributed by atoms with Crippen LogP contribution in [0.5, 0.6) is 5.75 Å². The molecule has 11 heteroatoms. The molecule has 0 aliphatic carbocycles. The van der Waals surface area contributed by atoms with Crippen molar-refractivity contribution in [3.8, 4) is 11.8 Å². The van der Waals surface area contributed by atoms with Gasteiger partial charge in [-0.3, -0.25) is 0 Å². The van der Waals surface area contributed by atoms with E-state index in [4.69, 9.17) is 21.6 Å². The molecule has 0 heterocycles. The van der Waals surface area contributed by atoms with Crippen molar-refractivity contribution in [1.82, 2.24) is 4.72 Å². The van der Waals surface area contributed by atoms with Crippen LogP contribution in [0.1, 0.15) is 22.3 Å². The standard InChI is InChI=1S/C19H17ClF3IN2O3S/c1-11-6-12(2)17(13(3)7-11)30(27,28)26-18(24,19(21,22)23)10-29-15-5-4-14(9-25)16(20)8-15/h4-8,26H,10H2,1-3H3. The SMILES string of the molecule is Cc1cc(C)c(S(=O)(=O)NC(I)(COc2ccc(C#N)c(Cl)c2)C(F)(F)F)c(C)c1. The maximum Gasteiger partial charge on any atom is 0.420 e. The van der Waals surface area contributed by atoms with E-state index in [-0.39, 0.29) is 21.2 Å². The summed E-state index contributed by atoms with van der Waals surface area (Å²) in [6.45, 7) is 3.75. The van der Waals surface area contributed by atoms with E-state index in [1.165, 1.54) is 32.0 Å². The minimum atomic E-state index is -4.97. The quantitative estimate of drug-likeness (QED) is 0.294. The highest BCUT2D eigenvalue weighted by molar-refractivity contribution is 14.1. The van der Waals surface area contributed by atoms with Gasteiger partial charge in [-0.15, -0.1) is 0 Å². The Morgan fingerprint density at radius 3 is 2.20 bits per heavy atom. The zero-order valence-electron chi connectivity index (χ0n) is 16.1. The number of aryl methyl sites for hydroxylation is 3. The van der Waals surface area contributed by atoms with Gasteiger partial charge < -0.3 is 4.74 Å². The molecule has 0 saturated carbocycles. The van der Waals surface area contributed by atoms with Gasteiger partial charge in [-0.1, -0.05) is 29.3 Å². The van der Waals surface area contributed by atoms with E-state index in [2.05, 4.69) is 0 Å². The number of sulfonamides is 1. The molecule has 0 saturated heterocycles. The average molecular weight is 573 g/mol. The first-order chi connectivity index (χ1) is 13.7. The molecule has 30 heavy (non-hydrogen) atoms. The first-order valence-corrected chi connectivity index (χ1v) is 11.3. The number of benzene rings is 2. The van der Waals surface area contributed by atoms with E-state index in [9.17, 15) is 21.6 Å². The van der Waals surface area contributed by atoms with Crippen molar-refractivity contribution in [2.75, 3.05) is 6.61 Å². The second-order valence-corrected chi connectivity index (χ2v) is 10.5. The molecule has 1 atom stereocenters. The van der Waals surface area contributed by atoms with Gasteiger partial charge in [0.25, 0.3) is 0 Å². The van der Waals surface area contributed by atoms with Crippen molar-refractivity contribution in [3.63, 3.8) is 0 Å². The van der Waals surface area contributed by atoms with Gasteiger partial charge in [0.1, 0.15) is 18.4 Å². The summed E-state index contributed by atoms with van der Waals surface area (Å²) in [5, 5.41) is 8.88. The first-order valence-electron chi connectivity index (χ1n) is 8.40. The van der Waals surface area contributed by atoms with Gasteiger partial charge in [-0.2, -0.15) is 23.2 Å². The molecule has 0 bridgehead atoms. The van der Waals surface area contributed by atoms with Crippen LogP contribution in [-0.2, 0) is 10.0 Å². The number of hydrogen-bond donors (Lipinski definition) is 1. The molecule has 0 aliphatic heterocycles. The van der Waals surface area contributed by atoms with E-state index < -0.39 is 26.4 Å². The van der Waals surface area contributed by atoms with Crippen LogP contribution in [0.25, 0.3) is 0 Å². The molecule has 0 amide bonds. The lowest BCUT2D eigenvalue weighted by Gasteiger charge is -2.31. The highest BCUT2D eigenvalue weighted by Gasteiger charge is 2.56. The molecular formula is C19H17ClF3IN2O3S. The molecule has 0 fully saturated rings. The number of halogens is 5. The van der Waals surface area contributed by atoms with Crippen LogP contribution in [0, 0.1) is 32.1 Å². The number of rotatable bonds is 6. The van der Waals surface area contributed by atoms with Crippen LogP contribution in [0.4, 0.5) is 13.2 Å². The number of ether oxygens (including phenoxy) is 1. The minimum absolute atomic E-state index is 0.00699. The molecule has 0 aromatic heterocycles. The highest BCUT2D eigenvalue weighted by atomic mass is 127. The largest absolute Gasteiger partial charge is 0.490 e. The lowest BCUT2D eigenvalue weighted by atomic mass is 10.1. The summed E-state index contributed by atoms with van der Waals surface area (Å²) >= 11 is 6.85. The van der Waals surface area contributed by atoms with E-state index in [1.54, 1.807) is 23.8 Å². The maximum absolute atomic E-state index is 13.8. The number of hydrogen-bond acceptors (Lipinski definition) is 4. The van der Waals surface area contributed by atoms with Crippen molar-refractivity contribution >= 4 is 44.2 Å². The number of nitriles is 1. The smallest absolute Gasteiger partial charge is 0.420 e. The molecule has 2 rings (SSSR count). The van der Waals surface area contributed by atoms with Gasteiger partial charge in [0.05, 0.1) is 15.5 Å². The Labute approximate surface area is 191 Å². The topological polar surface area (TPSA) is 79.2 Å². The Morgan fingerprint density at radius 2 is 1.73 bits per heavy atom. The third-order valence-corrected chi connectivity index (χ3v) is 7.79. The fourth-order valence-corrected chi connectivity index (χ4v) is 5.79. The normalized spacial score (nSPS) is 14.1. The summed E-state index contributed by atoms with van der Waals surface area (Å²) in [6.07, 6.45) is -4.97. The molecule has 0 aliphatic rings. The lowest BCUT2D eigenvalue weighted by Crippen LogP contribution is -2.57. The number of nitrogens with one attached hydrogen (secondary N) is 1. The summed E-state index contributed by atoms with van der Waals surface area (Å²) in [5.41, 5.74) is 1.59. The second kappa shape index (κ2) is 8.90. The molecule has 2 aromatic rings. The van der Waals surface area contributed by atoms with E-state index in [1.807, 2.05) is 6.07 Å². The summed E-state index contributed by atoms with van der Waals surface area (Å²) in [7, 11) is -4.53. The van der Waals surface area contributed by atoms with Gasteiger partial charge in [0.2, 0.25) is 13.6 Å². The van der Waals surface area contributed by atoms with Crippen LogP contribution in [0.15, 0.2) is 35.2 Å². The van der Waals surface area contributed by atoms with Crippen LogP contribution in [0.3, 0.4) is 0 Å². The number of nitrogens with zero attached hydrogens (tertiary/aromatic N) is 1. The van der Waals surface area contributed by atoms with Crippen molar-refractivity contribution < 1.29 is 26.3 Å². The Morgan fingerprint density at radius 1 is 1.17 bits per heavy atom. The van der Waals surface area contributed by atoms with E-state index in [0.717, 1.165) is 28.2 Å². The monoisotopic (exact) mass is 572 g/mol. The Balaban J connectivity index is 2.38. The van der Waals surface area contributed by atoms with Gasteiger partial charge >= 0.3 is 6.18 Å². The van der Waals surface area contributed by atoms with Gasteiger partial charge in [-0.25, -0.2) is 8.42 Å². The predicted octanol–water partition coefficient (Wildman–Crippen LogP) is 5.19. The molecule has 2 aromatic carbocycles. The van der Waals surface area contributed by atoms with Gasteiger partial charge in [0, 0.05) is 6.07 Å². The Kier molecular flexibility index (Phi) is 7.33. The van der Waals surface area contributed by atoms with Crippen LogP contribution < -0.4 is 9.46 Å². The summed E-state index contributed by atoms with van der Waals surface area (Å²) in [6, 6.07) is 8.75. The Hall–Kier alpha value is -1.55. The predicted molar refractivity (Wildman–Crippen MR) is 115 cm³/mol. The molecule has 1 unspecified atom stereocenters. The van der Waals surface area contributed by atoms with E-state index in [0.29, 0.717) is 11.1 Å². The summed E-state index contributed by atoms with van der Waals surface area (Å²) < 4.78 is 71.2. The average Bonchev–Trinajstić information content (AvgIpc) is 2.57. The fourth-order valence-electron chi connectivity index (χ4n) is 2.88. The van der Waals surface area contributed by atoms with Crippen LogP contribution in [0.2, 0.25) is 5.02 Å². The van der Waals surface area contributed by atoms with E-state index >= 15 is 0 Å². The maximum atomic E-state index is 13.8. The third kappa shape index (κ3) is 5.38. The van der Waals surface area contributed by atoms with Crippen LogP contribution in [-0.4, -0.2) is 24.7 Å². The molecular weight excluding hydrogens is 556 g/mol. The lowest BCUT2D eigenvalue weighted by molar-refractivity contribution is -0.163. The molecule has 162 valence electrons. The highest BCUT2D eigenvalue weighted by Crippen LogP contribution is 2.39. The summed E-state index contributed by atoms with van der Waals surface area (Å²) in [4.78, 5) is -0.209. The van der Waals surface area contributed by atoms with Crippen molar-refractivity contribution in [1.29, 1.82) is 5.26 Å². The number of alkyl halides is 4. The molecule has 1 N–H and O–H groups in total. The third-order valence-electron chi connectivity index (χ3n) is 4.12. The second-order valence-electron chi connectivity index (χ2n) is 6.67. The van der Waals surface area contributed by atoms with Crippen molar-refractivity contribution in [2.45, 2.75) is 35.4 Å². The molecule has 0 spiro atoms. The van der Waals surface area contributed by atoms with Crippen molar-refractivity contribution in [3.05, 3.63) is 57.6 Å². The van der Waals surface area contributed by atoms with Gasteiger partial charge in [-0.05, 0) is 66.6 Å².